The second kappa shape index (κ2) is 9.22. The summed E-state index contributed by atoms with van der Waals surface area (Å²) < 4.78 is 1.64. The molecule has 0 saturated carbocycles. The third-order valence-electron chi connectivity index (χ3n) is 4.98. The number of aromatic nitrogens is 2. The van der Waals surface area contributed by atoms with Crippen LogP contribution >= 0.6 is 23.2 Å². The molecule has 0 radical (unpaired) electrons. The van der Waals surface area contributed by atoms with Crippen molar-refractivity contribution in [3.05, 3.63) is 69.8 Å². The van der Waals surface area contributed by atoms with Crippen LogP contribution in [-0.4, -0.2) is 21.7 Å². The topological polar surface area (TPSA) is 102 Å². The Morgan fingerprint density at radius 1 is 1.06 bits per heavy atom. The smallest absolute Gasteiger partial charge is 0.324 e. The zero-order chi connectivity index (χ0) is 23.6. The van der Waals surface area contributed by atoms with Gasteiger partial charge in [-0.25, -0.2) is 9.48 Å². The Morgan fingerprint density at radius 3 is 2.31 bits per heavy atom. The van der Waals surface area contributed by atoms with Crippen LogP contribution in [-0.2, 0) is 10.2 Å². The van der Waals surface area contributed by atoms with Crippen molar-refractivity contribution < 1.29 is 9.59 Å². The van der Waals surface area contributed by atoms with Crippen molar-refractivity contribution in [2.75, 3.05) is 10.6 Å². The van der Waals surface area contributed by atoms with Crippen LogP contribution in [0, 0.1) is 0 Å². The number of benzene rings is 2. The van der Waals surface area contributed by atoms with E-state index in [1.165, 1.54) is 0 Å². The normalized spacial score (nSPS) is 12.3. The maximum atomic E-state index is 12.7. The summed E-state index contributed by atoms with van der Waals surface area (Å²) in [5, 5.41) is 10.8. The van der Waals surface area contributed by atoms with Gasteiger partial charge >= 0.3 is 6.03 Å². The van der Waals surface area contributed by atoms with E-state index in [9.17, 15) is 9.59 Å². The van der Waals surface area contributed by atoms with Gasteiger partial charge in [0.1, 0.15) is 5.82 Å². The Kier molecular flexibility index (Phi) is 6.81. The van der Waals surface area contributed by atoms with Gasteiger partial charge in [0.15, 0.2) is 0 Å². The summed E-state index contributed by atoms with van der Waals surface area (Å²) >= 11 is 12.2. The Hall–Kier alpha value is -3.03. The van der Waals surface area contributed by atoms with Crippen molar-refractivity contribution in [1.29, 1.82) is 0 Å². The molecule has 1 aromatic heterocycles. The largest absolute Gasteiger partial charge is 0.369 e. The molecule has 3 amide bonds. The fourth-order valence-corrected chi connectivity index (χ4v) is 3.32. The van der Waals surface area contributed by atoms with Crippen molar-refractivity contribution >= 4 is 46.6 Å². The first-order chi connectivity index (χ1) is 15.0. The third kappa shape index (κ3) is 5.23. The highest BCUT2D eigenvalue weighted by Crippen LogP contribution is 2.30. The molecule has 0 fully saturated rings. The molecule has 1 heterocycles. The highest BCUT2D eigenvalue weighted by Gasteiger charge is 2.22. The molecule has 168 valence electrons. The SMILES string of the molecule is CC(C(N)=O)c1ccc(-n2nc(C(C)(C)C)cc2NC(=O)Nc2cccc(Cl)c2Cl)cc1. The number of urea groups is 1. The van der Waals surface area contributed by atoms with Crippen LogP contribution in [0.25, 0.3) is 5.69 Å². The highest BCUT2D eigenvalue weighted by molar-refractivity contribution is 6.44. The summed E-state index contributed by atoms with van der Waals surface area (Å²) in [4.78, 5) is 24.2. The molecule has 4 N–H and O–H groups in total. The van der Waals surface area contributed by atoms with E-state index in [0.717, 1.165) is 16.9 Å². The predicted octanol–water partition coefficient (Wildman–Crippen LogP) is 5.71. The van der Waals surface area contributed by atoms with Gasteiger partial charge in [0.05, 0.1) is 33.0 Å². The number of carbonyl (C=O) groups is 2. The van der Waals surface area contributed by atoms with Crippen molar-refractivity contribution in [3.63, 3.8) is 0 Å². The molecule has 1 atom stereocenters. The maximum Gasteiger partial charge on any atom is 0.324 e. The van der Waals surface area contributed by atoms with Crippen LogP contribution in [0.2, 0.25) is 10.0 Å². The number of rotatable bonds is 5. The Balaban J connectivity index is 1.92. The molecule has 0 bridgehead atoms. The van der Waals surface area contributed by atoms with Crippen molar-refractivity contribution in [2.24, 2.45) is 5.73 Å². The summed E-state index contributed by atoms with van der Waals surface area (Å²) in [5.41, 5.74) is 7.87. The number of carbonyl (C=O) groups excluding carboxylic acids is 2. The van der Waals surface area contributed by atoms with Crippen LogP contribution < -0.4 is 16.4 Å². The van der Waals surface area contributed by atoms with Gasteiger partial charge in [0.25, 0.3) is 0 Å². The van der Waals surface area contributed by atoms with Crippen LogP contribution in [0.4, 0.5) is 16.3 Å². The first-order valence-electron chi connectivity index (χ1n) is 9.99. The summed E-state index contributed by atoms with van der Waals surface area (Å²) in [5.74, 6) is -0.329. The fourth-order valence-electron chi connectivity index (χ4n) is 2.97. The number of amides is 3. The molecular formula is C23H25Cl2N5O2. The molecule has 7 nitrogen and oxygen atoms in total. The summed E-state index contributed by atoms with van der Waals surface area (Å²) in [6.45, 7) is 7.86. The second-order valence-corrected chi connectivity index (χ2v) is 9.26. The van der Waals surface area contributed by atoms with E-state index in [4.69, 9.17) is 28.9 Å². The maximum absolute atomic E-state index is 12.7. The van der Waals surface area contributed by atoms with Gasteiger partial charge in [-0.15, -0.1) is 0 Å². The molecular weight excluding hydrogens is 449 g/mol. The van der Waals surface area contributed by atoms with E-state index in [0.29, 0.717) is 16.5 Å². The number of halogens is 2. The molecule has 1 unspecified atom stereocenters. The average molecular weight is 474 g/mol. The van der Waals surface area contributed by atoms with Crippen LogP contribution in [0.5, 0.6) is 0 Å². The number of hydrogen-bond donors (Lipinski definition) is 3. The minimum Gasteiger partial charge on any atom is -0.369 e. The van der Waals surface area contributed by atoms with Gasteiger partial charge in [-0.05, 0) is 36.8 Å². The van der Waals surface area contributed by atoms with Gasteiger partial charge < -0.3 is 11.1 Å². The van der Waals surface area contributed by atoms with Gasteiger partial charge in [-0.2, -0.15) is 5.10 Å². The number of anilines is 2. The average Bonchev–Trinajstić information content (AvgIpc) is 3.15. The lowest BCUT2D eigenvalue weighted by Gasteiger charge is -2.14. The lowest BCUT2D eigenvalue weighted by Crippen LogP contribution is -2.21. The molecule has 3 aromatic rings. The molecule has 0 saturated heterocycles. The Labute approximate surface area is 196 Å². The quantitative estimate of drug-likeness (QED) is 0.441. The van der Waals surface area contributed by atoms with Gasteiger partial charge in [-0.1, -0.05) is 62.2 Å². The summed E-state index contributed by atoms with van der Waals surface area (Å²) in [6.07, 6.45) is 0. The van der Waals surface area contributed by atoms with E-state index in [1.54, 1.807) is 29.8 Å². The fraction of sp³-hybridized carbons (Fsp3) is 0.261. The monoisotopic (exact) mass is 473 g/mol. The molecule has 0 aliphatic rings. The first kappa shape index (κ1) is 23.6. The van der Waals surface area contributed by atoms with E-state index in [2.05, 4.69) is 15.7 Å². The van der Waals surface area contributed by atoms with E-state index < -0.39 is 17.9 Å². The first-order valence-corrected chi connectivity index (χ1v) is 10.7. The molecule has 2 aromatic carbocycles. The van der Waals surface area contributed by atoms with Gasteiger partial charge in [0.2, 0.25) is 5.91 Å². The molecule has 0 aliphatic carbocycles. The summed E-state index contributed by atoms with van der Waals surface area (Å²) in [7, 11) is 0. The minimum atomic E-state index is -0.491. The lowest BCUT2D eigenvalue weighted by atomic mass is 9.92. The Bertz CT molecular complexity index is 1150. The number of nitrogens with zero attached hydrogens (tertiary/aromatic N) is 2. The van der Waals surface area contributed by atoms with Crippen LogP contribution in [0.3, 0.4) is 0 Å². The highest BCUT2D eigenvalue weighted by atomic mass is 35.5. The summed E-state index contributed by atoms with van der Waals surface area (Å²) in [6, 6.07) is 13.6. The van der Waals surface area contributed by atoms with Crippen LogP contribution in [0.15, 0.2) is 48.5 Å². The van der Waals surface area contributed by atoms with Crippen molar-refractivity contribution in [1.82, 2.24) is 9.78 Å². The molecule has 0 aliphatic heterocycles. The van der Waals surface area contributed by atoms with Gasteiger partial charge in [-0.3, -0.25) is 10.1 Å². The zero-order valence-electron chi connectivity index (χ0n) is 18.2. The molecule has 9 heteroatoms. The van der Waals surface area contributed by atoms with Crippen molar-refractivity contribution in [3.8, 4) is 5.69 Å². The van der Waals surface area contributed by atoms with Crippen molar-refractivity contribution in [2.45, 2.75) is 39.0 Å². The van der Waals surface area contributed by atoms with E-state index in [1.807, 2.05) is 51.1 Å². The van der Waals surface area contributed by atoms with E-state index in [-0.39, 0.29) is 10.4 Å². The molecule has 3 rings (SSSR count). The standard InChI is InChI=1S/C23H25Cl2N5O2/c1-13(21(26)31)14-8-10-15(11-9-14)30-19(12-18(29-30)23(2,3)4)28-22(32)27-17-7-5-6-16(24)20(17)25/h5-13H,1-4H3,(H2,26,31)(H2,27,28,32). The predicted molar refractivity (Wildman–Crippen MR) is 129 cm³/mol. The molecule has 32 heavy (non-hydrogen) atoms. The second-order valence-electron chi connectivity index (χ2n) is 8.47. The minimum absolute atomic E-state index is 0.241. The van der Waals surface area contributed by atoms with E-state index >= 15 is 0 Å². The van der Waals surface area contributed by atoms with Crippen LogP contribution in [0.1, 0.15) is 44.9 Å². The third-order valence-corrected chi connectivity index (χ3v) is 5.80. The number of nitrogens with two attached hydrogens (primary N) is 1. The number of primary amides is 1. The zero-order valence-corrected chi connectivity index (χ0v) is 19.8. The van der Waals surface area contributed by atoms with Gasteiger partial charge in [0, 0.05) is 11.5 Å². The number of nitrogens with one attached hydrogen (secondary N) is 2. The Morgan fingerprint density at radius 2 is 1.72 bits per heavy atom. The lowest BCUT2D eigenvalue weighted by molar-refractivity contribution is -0.119. The number of hydrogen-bond acceptors (Lipinski definition) is 3. The molecule has 0 spiro atoms.